The first-order valence-electron chi connectivity index (χ1n) is 12.2. The van der Waals surface area contributed by atoms with Crippen molar-refractivity contribution in [2.75, 3.05) is 16.8 Å². The van der Waals surface area contributed by atoms with Gasteiger partial charge < -0.3 is 19.5 Å². The first-order valence-corrected chi connectivity index (χ1v) is 12.2. The molecule has 12 nitrogen and oxygen atoms in total. The summed E-state index contributed by atoms with van der Waals surface area (Å²) >= 11 is 0. The average molecular weight is 541 g/mol. The molecule has 0 saturated carbocycles. The minimum absolute atomic E-state index is 0.0139. The van der Waals surface area contributed by atoms with E-state index >= 15 is 4.39 Å². The Labute approximate surface area is 226 Å². The van der Waals surface area contributed by atoms with E-state index in [1.807, 2.05) is 9.47 Å². The SMILES string of the molecule is CC(=O)Nc1ncnc2c1c(-c1ccc(Oc3nccc(C)n3)c(F)c1)c1n2CCN1c1cccc([N+](=O)[O-])c1. The monoisotopic (exact) mass is 540 g/mol. The lowest BCUT2D eigenvalue weighted by atomic mass is 10.0. The van der Waals surface area contributed by atoms with Gasteiger partial charge in [0.05, 0.1) is 10.3 Å². The molecule has 0 aliphatic carbocycles. The number of hydrogen-bond donors (Lipinski definition) is 1. The van der Waals surface area contributed by atoms with E-state index in [-0.39, 0.29) is 29.2 Å². The molecular formula is C27H21FN8O4. The van der Waals surface area contributed by atoms with Crippen LogP contribution in [0.1, 0.15) is 12.6 Å². The number of aromatic nitrogens is 5. The van der Waals surface area contributed by atoms with Crippen LogP contribution < -0.4 is 15.0 Å². The van der Waals surface area contributed by atoms with Crippen molar-refractivity contribution in [1.82, 2.24) is 24.5 Å². The molecule has 0 atom stereocenters. The summed E-state index contributed by atoms with van der Waals surface area (Å²) in [5, 5.41) is 14.7. The second-order valence-electron chi connectivity index (χ2n) is 9.11. The zero-order valence-corrected chi connectivity index (χ0v) is 21.3. The predicted octanol–water partition coefficient (Wildman–Crippen LogP) is 5.15. The number of carbonyl (C=O) groups excluding carboxylic acids is 1. The van der Waals surface area contributed by atoms with E-state index in [1.165, 1.54) is 43.7 Å². The Hall–Kier alpha value is -5.46. The topological polar surface area (TPSA) is 141 Å². The molecule has 40 heavy (non-hydrogen) atoms. The van der Waals surface area contributed by atoms with Gasteiger partial charge in [-0.3, -0.25) is 14.9 Å². The summed E-state index contributed by atoms with van der Waals surface area (Å²) in [6, 6.07) is 12.5. The molecule has 200 valence electrons. The fraction of sp³-hybridized carbons (Fsp3) is 0.148. The highest BCUT2D eigenvalue weighted by molar-refractivity contribution is 6.11. The number of nitro groups is 1. The molecule has 6 rings (SSSR count). The molecule has 0 saturated heterocycles. The van der Waals surface area contributed by atoms with Gasteiger partial charge in [0.2, 0.25) is 5.91 Å². The molecule has 0 fully saturated rings. The number of anilines is 3. The second kappa shape index (κ2) is 9.69. The summed E-state index contributed by atoms with van der Waals surface area (Å²) in [7, 11) is 0. The number of hydrogen-bond acceptors (Lipinski definition) is 9. The summed E-state index contributed by atoms with van der Waals surface area (Å²) in [5.74, 6) is -0.155. The van der Waals surface area contributed by atoms with Gasteiger partial charge in [0, 0.05) is 55.3 Å². The molecular weight excluding hydrogens is 519 g/mol. The Balaban J connectivity index is 1.54. The van der Waals surface area contributed by atoms with Gasteiger partial charge in [0.1, 0.15) is 23.6 Å². The molecule has 5 aromatic rings. The maximum absolute atomic E-state index is 15.5. The quantitative estimate of drug-likeness (QED) is 0.229. The molecule has 1 aliphatic heterocycles. The number of amides is 1. The second-order valence-corrected chi connectivity index (χ2v) is 9.11. The smallest absolute Gasteiger partial charge is 0.322 e. The first kappa shape index (κ1) is 24.9. The Kier molecular flexibility index (Phi) is 6.02. The molecule has 3 aromatic heterocycles. The number of rotatable bonds is 6. The number of nitrogens with zero attached hydrogens (tertiary/aromatic N) is 7. The molecule has 1 aliphatic rings. The van der Waals surface area contributed by atoms with Crippen molar-refractivity contribution in [2.45, 2.75) is 20.4 Å². The lowest BCUT2D eigenvalue weighted by Gasteiger charge is -2.20. The van der Waals surface area contributed by atoms with E-state index in [0.29, 0.717) is 52.4 Å². The molecule has 0 unspecified atom stereocenters. The van der Waals surface area contributed by atoms with Gasteiger partial charge in [-0.2, -0.15) is 0 Å². The number of carbonyl (C=O) groups is 1. The highest BCUT2D eigenvalue weighted by Gasteiger charge is 2.32. The summed E-state index contributed by atoms with van der Waals surface area (Å²) < 4.78 is 23.0. The van der Waals surface area contributed by atoms with Gasteiger partial charge in [0.15, 0.2) is 11.6 Å². The third-order valence-electron chi connectivity index (χ3n) is 6.46. The standard InChI is InChI=1S/C27H21FN8O4/c1-15-8-9-29-27(32-15)40-21-7-6-17(12-20(21)28)22-23-24(33-16(2)37)30-14-31-25(23)35-11-10-34(26(22)35)18-4-3-5-19(13-18)36(38)39/h3-9,12-14H,10-11H2,1-2H3,(H,30,31,33,37). The van der Waals surface area contributed by atoms with Crippen molar-refractivity contribution in [3.63, 3.8) is 0 Å². The van der Waals surface area contributed by atoms with Crippen molar-refractivity contribution >= 4 is 40.0 Å². The number of fused-ring (bicyclic) bond motifs is 3. The highest BCUT2D eigenvalue weighted by Crippen LogP contribution is 2.47. The third-order valence-corrected chi connectivity index (χ3v) is 6.46. The van der Waals surface area contributed by atoms with Crippen molar-refractivity contribution in [2.24, 2.45) is 0 Å². The highest BCUT2D eigenvalue weighted by atomic mass is 19.1. The Morgan fingerprint density at radius 2 is 1.98 bits per heavy atom. The number of halogens is 1. The van der Waals surface area contributed by atoms with Crippen molar-refractivity contribution < 1.29 is 18.8 Å². The van der Waals surface area contributed by atoms with Gasteiger partial charge in [-0.25, -0.2) is 24.3 Å². The van der Waals surface area contributed by atoms with Crippen LogP contribution in [0.15, 0.2) is 61.1 Å². The van der Waals surface area contributed by atoms with Crippen LogP contribution in [0.5, 0.6) is 11.8 Å². The minimum Gasteiger partial charge on any atom is -0.421 e. The largest absolute Gasteiger partial charge is 0.421 e. The minimum atomic E-state index is -0.659. The molecule has 13 heteroatoms. The van der Waals surface area contributed by atoms with E-state index in [9.17, 15) is 14.9 Å². The van der Waals surface area contributed by atoms with Gasteiger partial charge in [-0.15, -0.1) is 0 Å². The van der Waals surface area contributed by atoms with Gasteiger partial charge in [-0.1, -0.05) is 12.1 Å². The van der Waals surface area contributed by atoms with E-state index in [1.54, 1.807) is 31.2 Å². The molecule has 0 radical (unpaired) electrons. The third kappa shape index (κ3) is 4.32. The lowest BCUT2D eigenvalue weighted by molar-refractivity contribution is -0.384. The van der Waals surface area contributed by atoms with Crippen LogP contribution in [0, 0.1) is 22.9 Å². The number of nitrogens with one attached hydrogen (secondary N) is 1. The Bertz CT molecular complexity index is 1820. The van der Waals surface area contributed by atoms with Crippen LogP contribution in [0.2, 0.25) is 0 Å². The van der Waals surface area contributed by atoms with Gasteiger partial charge in [0.25, 0.3) is 5.69 Å². The van der Waals surface area contributed by atoms with Crippen molar-refractivity contribution in [1.29, 1.82) is 0 Å². The summed E-state index contributed by atoms with van der Waals surface area (Å²) in [4.78, 5) is 41.9. The fourth-order valence-electron chi connectivity index (χ4n) is 4.83. The fourth-order valence-corrected chi connectivity index (χ4v) is 4.83. The predicted molar refractivity (Wildman–Crippen MR) is 144 cm³/mol. The van der Waals surface area contributed by atoms with Crippen LogP contribution in [0.3, 0.4) is 0 Å². The average Bonchev–Trinajstić information content (AvgIpc) is 3.49. The summed E-state index contributed by atoms with van der Waals surface area (Å²) in [6.45, 7) is 4.13. The van der Waals surface area contributed by atoms with Crippen LogP contribution in [0.25, 0.3) is 22.2 Å². The molecule has 1 amide bonds. The maximum atomic E-state index is 15.5. The van der Waals surface area contributed by atoms with Crippen LogP contribution >= 0.6 is 0 Å². The van der Waals surface area contributed by atoms with E-state index < -0.39 is 10.7 Å². The Morgan fingerprint density at radius 3 is 2.73 bits per heavy atom. The Morgan fingerprint density at radius 1 is 1.12 bits per heavy atom. The van der Waals surface area contributed by atoms with Crippen LogP contribution in [-0.4, -0.2) is 41.9 Å². The number of benzene rings is 2. The molecule has 1 N–H and O–H groups in total. The van der Waals surface area contributed by atoms with E-state index in [4.69, 9.17) is 4.74 Å². The normalized spacial score (nSPS) is 12.4. The van der Waals surface area contributed by atoms with Crippen LogP contribution in [0.4, 0.5) is 27.4 Å². The molecule has 2 aromatic carbocycles. The first-order chi connectivity index (χ1) is 19.3. The number of nitro benzene ring substituents is 1. The van der Waals surface area contributed by atoms with Crippen LogP contribution in [-0.2, 0) is 11.3 Å². The number of non-ortho nitro benzene ring substituents is 1. The van der Waals surface area contributed by atoms with E-state index in [0.717, 1.165) is 0 Å². The molecule has 4 heterocycles. The zero-order valence-electron chi connectivity index (χ0n) is 21.3. The van der Waals surface area contributed by atoms with Gasteiger partial charge in [-0.05, 0) is 36.8 Å². The molecule has 0 bridgehead atoms. The van der Waals surface area contributed by atoms with Crippen molar-refractivity contribution in [3.8, 4) is 22.9 Å². The number of ether oxygens (including phenoxy) is 1. The maximum Gasteiger partial charge on any atom is 0.322 e. The van der Waals surface area contributed by atoms with Gasteiger partial charge >= 0.3 is 6.01 Å². The van der Waals surface area contributed by atoms with E-state index in [2.05, 4.69) is 25.3 Å². The lowest BCUT2D eigenvalue weighted by Crippen LogP contribution is -2.14. The number of aryl methyl sites for hydroxylation is 1. The summed E-state index contributed by atoms with van der Waals surface area (Å²) in [5.41, 5.74) is 2.75. The summed E-state index contributed by atoms with van der Waals surface area (Å²) in [6.07, 6.45) is 2.87. The van der Waals surface area contributed by atoms with Crippen molar-refractivity contribution in [3.05, 3.63) is 82.7 Å². The molecule has 0 spiro atoms. The zero-order chi connectivity index (χ0) is 28.0.